The van der Waals surface area contributed by atoms with Crippen molar-refractivity contribution >= 4 is 0 Å². The summed E-state index contributed by atoms with van der Waals surface area (Å²) in [7, 11) is 0. The third-order valence-corrected chi connectivity index (χ3v) is 3.60. The molecule has 0 amide bonds. The standard InChI is InChI=1S/C12H23NO2/c14-10-11-4-3-6-13(8-11)9-12-5-1-2-7-15-12/h11-12,14H,1-10H2. The first-order valence-corrected chi connectivity index (χ1v) is 6.33. The van der Waals surface area contributed by atoms with E-state index < -0.39 is 0 Å². The molecule has 2 saturated heterocycles. The summed E-state index contributed by atoms with van der Waals surface area (Å²) in [5, 5.41) is 9.16. The van der Waals surface area contributed by atoms with Gasteiger partial charge in [0.25, 0.3) is 0 Å². The van der Waals surface area contributed by atoms with E-state index in [1.54, 1.807) is 0 Å². The maximum absolute atomic E-state index is 9.16. The van der Waals surface area contributed by atoms with Gasteiger partial charge in [-0.3, -0.25) is 0 Å². The minimum atomic E-state index is 0.349. The summed E-state index contributed by atoms with van der Waals surface area (Å²) >= 11 is 0. The average molecular weight is 213 g/mol. The fraction of sp³-hybridized carbons (Fsp3) is 1.00. The van der Waals surface area contributed by atoms with Crippen LogP contribution in [-0.4, -0.2) is 49.0 Å². The summed E-state index contributed by atoms with van der Waals surface area (Å²) in [6.07, 6.45) is 6.66. The summed E-state index contributed by atoms with van der Waals surface area (Å²) in [4.78, 5) is 2.47. The van der Waals surface area contributed by atoms with Crippen LogP contribution in [0, 0.1) is 5.92 Å². The van der Waals surface area contributed by atoms with Gasteiger partial charge >= 0.3 is 0 Å². The molecule has 0 aromatic heterocycles. The molecule has 2 fully saturated rings. The molecule has 2 aliphatic heterocycles. The van der Waals surface area contributed by atoms with Gasteiger partial charge in [0.05, 0.1) is 6.10 Å². The van der Waals surface area contributed by atoms with E-state index in [4.69, 9.17) is 9.84 Å². The van der Waals surface area contributed by atoms with Crippen molar-refractivity contribution < 1.29 is 9.84 Å². The van der Waals surface area contributed by atoms with Crippen LogP contribution in [0.15, 0.2) is 0 Å². The molecule has 2 atom stereocenters. The molecule has 2 heterocycles. The molecule has 2 unspecified atom stereocenters. The van der Waals surface area contributed by atoms with Gasteiger partial charge in [-0.25, -0.2) is 0 Å². The molecule has 1 N–H and O–H groups in total. The number of piperidine rings is 1. The Hall–Kier alpha value is -0.120. The minimum Gasteiger partial charge on any atom is -0.396 e. The Morgan fingerprint density at radius 1 is 1.20 bits per heavy atom. The van der Waals surface area contributed by atoms with E-state index in [-0.39, 0.29) is 0 Å². The second kappa shape index (κ2) is 5.83. The van der Waals surface area contributed by atoms with Gasteiger partial charge in [-0.05, 0) is 44.6 Å². The number of hydrogen-bond donors (Lipinski definition) is 1. The predicted molar refractivity (Wildman–Crippen MR) is 59.8 cm³/mol. The largest absolute Gasteiger partial charge is 0.396 e. The number of likely N-dealkylation sites (tertiary alicyclic amines) is 1. The normalized spacial score (nSPS) is 34.2. The third kappa shape index (κ3) is 3.44. The fourth-order valence-corrected chi connectivity index (χ4v) is 2.71. The number of rotatable bonds is 3. The van der Waals surface area contributed by atoms with Crippen LogP contribution < -0.4 is 0 Å². The van der Waals surface area contributed by atoms with E-state index in [1.807, 2.05) is 0 Å². The molecule has 3 nitrogen and oxygen atoms in total. The van der Waals surface area contributed by atoms with Crippen molar-refractivity contribution in [1.29, 1.82) is 0 Å². The third-order valence-electron chi connectivity index (χ3n) is 3.60. The molecule has 88 valence electrons. The summed E-state index contributed by atoms with van der Waals surface area (Å²) in [6, 6.07) is 0. The van der Waals surface area contributed by atoms with Crippen molar-refractivity contribution in [2.45, 2.75) is 38.2 Å². The molecule has 0 spiro atoms. The van der Waals surface area contributed by atoms with Crippen LogP contribution in [0.2, 0.25) is 0 Å². The van der Waals surface area contributed by atoms with Crippen molar-refractivity contribution in [2.24, 2.45) is 5.92 Å². The van der Waals surface area contributed by atoms with Crippen molar-refractivity contribution in [3.8, 4) is 0 Å². The monoisotopic (exact) mass is 213 g/mol. The van der Waals surface area contributed by atoms with Gasteiger partial charge in [-0.1, -0.05) is 0 Å². The highest BCUT2D eigenvalue weighted by atomic mass is 16.5. The molecule has 0 aliphatic carbocycles. The van der Waals surface area contributed by atoms with Crippen LogP contribution in [0.25, 0.3) is 0 Å². The Morgan fingerprint density at radius 2 is 2.13 bits per heavy atom. The van der Waals surface area contributed by atoms with Gasteiger partial charge in [-0.15, -0.1) is 0 Å². The van der Waals surface area contributed by atoms with Gasteiger partial charge in [0.2, 0.25) is 0 Å². The molecule has 15 heavy (non-hydrogen) atoms. The van der Waals surface area contributed by atoms with Crippen LogP contribution in [0.4, 0.5) is 0 Å². The molecule has 0 saturated carbocycles. The summed E-state index contributed by atoms with van der Waals surface area (Å²) in [6.45, 7) is 4.63. The molecule has 0 aromatic carbocycles. The van der Waals surface area contributed by atoms with Gasteiger partial charge in [0.15, 0.2) is 0 Å². The van der Waals surface area contributed by atoms with E-state index in [0.29, 0.717) is 18.6 Å². The SMILES string of the molecule is OCC1CCCN(CC2CCCCO2)C1. The number of aliphatic hydroxyl groups is 1. The minimum absolute atomic E-state index is 0.349. The van der Waals surface area contributed by atoms with E-state index in [9.17, 15) is 0 Å². The van der Waals surface area contributed by atoms with Crippen molar-refractivity contribution in [3.63, 3.8) is 0 Å². The lowest BCUT2D eigenvalue weighted by molar-refractivity contribution is -0.0153. The van der Waals surface area contributed by atoms with E-state index in [2.05, 4.69) is 4.90 Å². The number of ether oxygens (including phenoxy) is 1. The molecular weight excluding hydrogens is 190 g/mol. The topological polar surface area (TPSA) is 32.7 Å². The second-order valence-corrected chi connectivity index (χ2v) is 4.94. The van der Waals surface area contributed by atoms with E-state index in [1.165, 1.54) is 38.6 Å². The highest BCUT2D eigenvalue weighted by Crippen LogP contribution is 2.19. The van der Waals surface area contributed by atoms with Crippen molar-refractivity contribution in [3.05, 3.63) is 0 Å². The van der Waals surface area contributed by atoms with Gasteiger partial charge in [0, 0.05) is 26.3 Å². The van der Waals surface area contributed by atoms with Crippen LogP contribution in [-0.2, 0) is 4.74 Å². The van der Waals surface area contributed by atoms with Crippen molar-refractivity contribution in [2.75, 3.05) is 32.8 Å². The Bertz CT molecular complexity index is 180. The van der Waals surface area contributed by atoms with E-state index >= 15 is 0 Å². The quantitative estimate of drug-likeness (QED) is 0.766. The van der Waals surface area contributed by atoms with Gasteiger partial charge in [0.1, 0.15) is 0 Å². The predicted octanol–water partition coefficient (Wildman–Crippen LogP) is 1.26. The Labute approximate surface area is 92.4 Å². The summed E-state index contributed by atoms with van der Waals surface area (Å²) in [5.74, 6) is 0.502. The number of hydrogen-bond acceptors (Lipinski definition) is 3. The summed E-state index contributed by atoms with van der Waals surface area (Å²) < 4.78 is 5.75. The van der Waals surface area contributed by atoms with E-state index in [0.717, 1.165) is 19.7 Å². The lowest BCUT2D eigenvalue weighted by Crippen LogP contribution is -2.42. The lowest BCUT2D eigenvalue weighted by atomic mass is 9.98. The molecule has 3 heteroatoms. The first-order chi connectivity index (χ1) is 7.38. The second-order valence-electron chi connectivity index (χ2n) is 4.94. The highest BCUT2D eigenvalue weighted by Gasteiger charge is 2.23. The zero-order valence-electron chi connectivity index (χ0n) is 9.53. The smallest absolute Gasteiger partial charge is 0.0702 e. The number of nitrogens with zero attached hydrogens (tertiary/aromatic N) is 1. The molecular formula is C12H23NO2. The molecule has 0 bridgehead atoms. The Balaban J connectivity index is 1.72. The fourth-order valence-electron chi connectivity index (χ4n) is 2.71. The lowest BCUT2D eigenvalue weighted by Gasteiger charge is -2.35. The zero-order chi connectivity index (χ0) is 10.5. The number of aliphatic hydroxyl groups excluding tert-OH is 1. The maximum atomic E-state index is 9.16. The van der Waals surface area contributed by atoms with Crippen LogP contribution in [0.3, 0.4) is 0 Å². The molecule has 0 aromatic rings. The zero-order valence-corrected chi connectivity index (χ0v) is 9.53. The van der Waals surface area contributed by atoms with Crippen LogP contribution in [0.5, 0.6) is 0 Å². The summed E-state index contributed by atoms with van der Waals surface area (Å²) in [5.41, 5.74) is 0. The average Bonchev–Trinajstić information content (AvgIpc) is 2.31. The Morgan fingerprint density at radius 3 is 2.87 bits per heavy atom. The van der Waals surface area contributed by atoms with Crippen LogP contribution >= 0.6 is 0 Å². The van der Waals surface area contributed by atoms with Gasteiger partial charge < -0.3 is 14.7 Å². The molecule has 2 rings (SSSR count). The van der Waals surface area contributed by atoms with Gasteiger partial charge in [-0.2, -0.15) is 0 Å². The first kappa shape index (κ1) is 11.4. The first-order valence-electron chi connectivity index (χ1n) is 6.33. The highest BCUT2D eigenvalue weighted by molar-refractivity contribution is 4.76. The Kier molecular flexibility index (Phi) is 4.42. The molecule has 0 radical (unpaired) electrons. The molecule has 2 aliphatic rings. The van der Waals surface area contributed by atoms with Crippen molar-refractivity contribution in [1.82, 2.24) is 4.90 Å². The maximum Gasteiger partial charge on any atom is 0.0702 e. The van der Waals surface area contributed by atoms with Crippen LogP contribution in [0.1, 0.15) is 32.1 Å².